The van der Waals surface area contributed by atoms with Crippen molar-refractivity contribution in [3.05, 3.63) is 0 Å². The fourth-order valence-corrected chi connectivity index (χ4v) is 3.38. The fraction of sp³-hybridized carbons (Fsp3) is 1.00. The first-order valence-corrected chi connectivity index (χ1v) is 9.37. The highest BCUT2D eigenvalue weighted by molar-refractivity contribution is 4.75. The zero-order chi connectivity index (χ0) is 15.5. The van der Waals surface area contributed by atoms with Crippen molar-refractivity contribution in [2.24, 2.45) is 5.92 Å². The topological polar surface area (TPSA) is 18.5 Å². The van der Waals surface area contributed by atoms with Crippen molar-refractivity contribution in [2.45, 2.75) is 65.8 Å². The number of nitrogens with zero attached hydrogens (tertiary/aromatic N) is 2. The van der Waals surface area contributed by atoms with Crippen LogP contribution in [0.2, 0.25) is 0 Å². The molecular formula is C18H39N3. The van der Waals surface area contributed by atoms with Gasteiger partial charge in [0, 0.05) is 19.1 Å². The molecule has 126 valence electrons. The summed E-state index contributed by atoms with van der Waals surface area (Å²) in [5, 5.41) is 3.78. The monoisotopic (exact) mass is 297 g/mol. The molecule has 0 radical (unpaired) electrons. The summed E-state index contributed by atoms with van der Waals surface area (Å²) in [6.07, 6.45) is 6.90. The number of nitrogens with one attached hydrogen (secondary N) is 1. The molecule has 0 bridgehead atoms. The predicted molar refractivity (Wildman–Crippen MR) is 93.9 cm³/mol. The second-order valence-electron chi connectivity index (χ2n) is 6.73. The Hall–Kier alpha value is -0.120. The summed E-state index contributed by atoms with van der Waals surface area (Å²) < 4.78 is 0. The van der Waals surface area contributed by atoms with E-state index in [1.165, 1.54) is 71.4 Å². The summed E-state index contributed by atoms with van der Waals surface area (Å²) >= 11 is 0. The summed E-state index contributed by atoms with van der Waals surface area (Å²) in [7, 11) is 0. The molecular weight excluding hydrogens is 258 g/mol. The normalized spacial score (nSPS) is 23.1. The second kappa shape index (κ2) is 11.4. The van der Waals surface area contributed by atoms with Crippen molar-refractivity contribution >= 4 is 0 Å². The molecule has 0 aromatic rings. The number of rotatable bonds is 11. The molecule has 0 heterocycles. The molecule has 0 aromatic carbocycles. The summed E-state index contributed by atoms with van der Waals surface area (Å²) in [6, 6.07) is 0.788. The largest absolute Gasteiger partial charge is 0.313 e. The molecule has 21 heavy (non-hydrogen) atoms. The van der Waals surface area contributed by atoms with Crippen molar-refractivity contribution in [1.29, 1.82) is 0 Å². The number of likely N-dealkylation sites (N-methyl/N-ethyl adjacent to an activating group) is 1. The van der Waals surface area contributed by atoms with Crippen LogP contribution in [0.15, 0.2) is 0 Å². The molecule has 0 unspecified atom stereocenters. The van der Waals surface area contributed by atoms with Gasteiger partial charge in [0.2, 0.25) is 0 Å². The van der Waals surface area contributed by atoms with Crippen LogP contribution >= 0.6 is 0 Å². The smallest absolute Gasteiger partial charge is 0.0107 e. The molecule has 1 N–H and O–H groups in total. The van der Waals surface area contributed by atoms with Crippen LogP contribution in [-0.4, -0.2) is 61.7 Å². The van der Waals surface area contributed by atoms with Crippen molar-refractivity contribution in [2.75, 3.05) is 45.8 Å². The van der Waals surface area contributed by atoms with Crippen LogP contribution in [0.5, 0.6) is 0 Å². The summed E-state index contributed by atoms with van der Waals surface area (Å²) in [5.74, 6) is 0.954. The van der Waals surface area contributed by atoms with Gasteiger partial charge in [0.15, 0.2) is 0 Å². The van der Waals surface area contributed by atoms with Gasteiger partial charge in [-0.2, -0.15) is 0 Å². The van der Waals surface area contributed by atoms with Gasteiger partial charge >= 0.3 is 0 Å². The first-order valence-electron chi connectivity index (χ1n) is 9.37. The minimum atomic E-state index is 0.788. The van der Waals surface area contributed by atoms with Crippen molar-refractivity contribution < 1.29 is 0 Å². The first kappa shape index (κ1) is 18.9. The van der Waals surface area contributed by atoms with E-state index >= 15 is 0 Å². The Balaban J connectivity index is 2.07. The van der Waals surface area contributed by atoms with Crippen LogP contribution in [0, 0.1) is 5.92 Å². The maximum Gasteiger partial charge on any atom is 0.0107 e. The van der Waals surface area contributed by atoms with Crippen LogP contribution in [-0.2, 0) is 0 Å². The lowest BCUT2D eigenvalue weighted by atomic mass is 9.87. The Morgan fingerprint density at radius 1 is 0.810 bits per heavy atom. The molecule has 3 heteroatoms. The van der Waals surface area contributed by atoms with E-state index in [-0.39, 0.29) is 0 Å². The van der Waals surface area contributed by atoms with E-state index in [0.717, 1.165) is 18.5 Å². The van der Waals surface area contributed by atoms with E-state index in [2.05, 4.69) is 42.8 Å². The van der Waals surface area contributed by atoms with Gasteiger partial charge in [-0.05, 0) is 70.7 Å². The van der Waals surface area contributed by atoms with Crippen molar-refractivity contribution in [3.63, 3.8) is 0 Å². The average molecular weight is 298 g/mol. The Labute approximate surface area is 133 Å². The SMILES string of the molecule is CCN(CC)CCCN(CC)CCNC1CCC(C)CC1. The Morgan fingerprint density at radius 3 is 1.95 bits per heavy atom. The second-order valence-corrected chi connectivity index (χ2v) is 6.73. The Kier molecular flexibility index (Phi) is 10.3. The van der Waals surface area contributed by atoms with Crippen LogP contribution in [0.25, 0.3) is 0 Å². The zero-order valence-corrected chi connectivity index (χ0v) is 15.0. The lowest BCUT2D eigenvalue weighted by Gasteiger charge is -2.28. The van der Waals surface area contributed by atoms with E-state index < -0.39 is 0 Å². The van der Waals surface area contributed by atoms with E-state index in [1.807, 2.05) is 0 Å². The Morgan fingerprint density at radius 2 is 1.38 bits per heavy atom. The third-order valence-corrected chi connectivity index (χ3v) is 5.17. The third-order valence-electron chi connectivity index (χ3n) is 5.17. The van der Waals surface area contributed by atoms with Gasteiger partial charge < -0.3 is 15.1 Å². The maximum absolute atomic E-state index is 3.78. The van der Waals surface area contributed by atoms with Gasteiger partial charge in [-0.3, -0.25) is 0 Å². The van der Waals surface area contributed by atoms with E-state index in [1.54, 1.807) is 0 Å². The van der Waals surface area contributed by atoms with E-state index in [0.29, 0.717) is 0 Å². The molecule has 0 spiro atoms. The lowest BCUT2D eigenvalue weighted by molar-refractivity contribution is 0.235. The molecule has 0 atom stereocenters. The standard InChI is InChI=1S/C18H39N3/c1-5-20(6-2)14-8-15-21(7-3)16-13-19-18-11-9-17(4)10-12-18/h17-19H,5-16H2,1-4H3. The van der Waals surface area contributed by atoms with Crippen LogP contribution < -0.4 is 5.32 Å². The average Bonchev–Trinajstić information content (AvgIpc) is 2.51. The van der Waals surface area contributed by atoms with Crippen LogP contribution in [0.1, 0.15) is 59.8 Å². The maximum atomic E-state index is 3.78. The van der Waals surface area contributed by atoms with E-state index in [4.69, 9.17) is 0 Å². The highest BCUT2D eigenvalue weighted by Gasteiger charge is 2.17. The minimum Gasteiger partial charge on any atom is -0.313 e. The van der Waals surface area contributed by atoms with Gasteiger partial charge in [0.05, 0.1) is 0 Å². The van der Waals surface area contributed by atoms with Crippen molar-refractivity contribution in [1.82, 2.24) is 15.1 Å². The van der Waals surface area contributed by atoms with Gasteiger partial charge in [0.1, 0.15) is 0 Å². The highest BCUT2D eigenvalue weighted by atomic mass is 15.1. The number of hydrogen-bond acceptors (Lipinski definition) is 3. The first-order chi connectivity index (χ1) is 10.2. The van der Waals surface area contributed by atoms with Crippen LogP contribution in [0.3, 0.4) is 0 Å². The fourth-order valence-electron chi connectivity index (χ4n) is 3.38. The molecule has 3 nitrogen and oxygen atoms in total. The van der Waals surface area contributed by atoms with Crippen molar-refractivity contribution in [3.8, 4) is 0 Å². The van der Waals surface area contributed by atoms with E-state index in [9.17, 15) is 0 Å². The molecule has 1 saturated carbocycles. The summed E-state index contributed by atoms with van der Waals surface area (Å²) in [5.41, 5.74) is 0. The molecule has 1 fully saturated rings. The molecule has 0 amide bonds. The highest BCUT2D eigenvalue weighted by Crippen LogP contribution is 2.23. The Bertz CT molecular complexity index is 233. The van der Waals surface area contributed by atoms with Crippen LogP contribution in [0.4, 0.5) is 0 Å². The quantitative estimate of drug-likeness (QED) is 0.632. The third kappa shape index (κ3) is 8.18. The molecule has 0 aromatic heterocycles. The van der Waals surface area contributed by atoms with Gasteiger partial charge in [-0.15, -0.1) is 0 Å². The summed E-state index contributed by atoms with van der Waals surface area (Å²) in [6.45, 7) is 17.6. The van der Waals surface area contributed by atoms with Gasteiger partial charge in [-0.25, -0.2) is 0 Å². The van der Waals surface area contributed by atoms with Gasteiger partial charge in [-0.1, -0.05) is 27.7 Å². The molecule has 0 saturated heterocycles. The molecule has 1 aliphatic carbocycles. The molecule has 0 aliphatic heterocycles. The molecule has 1 aliphatic rings. The molecule has 1 rings (SSSR count). The lowest BCUT2D eigenvalue weighted by Crippen LogP contribution is -2.39. The summed E-state index contributed by atoms with van der Waals surface area (Å²) in [4.78, 5) is 5.12. The zero-order valence-electron chi connectivity index (χ0n) is 15.0. The predicted octanol–water partition coefficient (Wildman–Crippen LogP) is 3.21. The van der Waals surface area contributed by atoms with Gasteiger partial charge in [0.25, 0.3) is 0 Å². The minimum absolute atomic E-state index is 0.788. The number of hydrogen-bond donors (Lipinski definition) is 1.